The molecule has 0 aromatic heterocycles. The van der Waals surface area contributed by atoms with E-state index in [-0.39, 0.29) is 12.2 Å². The molecule has 0 bridgehead atoms. The molecule has 1 aromatic rings. The van der Waals surface area contributed by atoms with Crippen molar-refractivity contribution in [1.82, 2.24) is 4.90 Å². The number of hydrogen-bond donors (Lipinski definition) is 0. The van der Waals surface area contributed by atoms with Crippen LogP contribution in [0.3, 0.4) is 0 Å². The molecular formula is C19H27NO5. The Hall–Kier alpha value is -1.79. The van der Waals surface area contributed by atoms with Gasteiger partial charge in [-0.15, -0.1) is 0 Å². The average molecular weight is 349 g/mol. The lowest BCUT2D eigenvalue weighted by molar-refractivity contribution is -0.0956. The number of nitrogens with zero attached hydrogens (tertiary/aromatic N) is 1. The molecule has 25 heavy (non-hydrogen) atoms. The van der Waals surface area contributed by atoms with Gasteiger partial charge in [0.2, 0.25) is 0 Å². The fraction of sp³-hybridized carbons (Fsp3) is 0.632. The van der Waals surface area contributed by atoms with Crippen molar-refractivity contribution in [3.05, 3.63) is 23.8 Å². The van der Waals surface area contributed by atoms with Crippen LogP contribution in [0, 0.1) is 5.92 Å². The fourth-order valence-electron chi connectivity index (χ4n) is 3.39. The second-order valence-corrected chi connectivity index (χ2v) is 6.27. The number of carbonyl (C=O) groups is 1. The van der Waals surface area contributed by atoms with Gasteiger partial charge in [-0.05, 0) is 44.9 Å². The van der Waals surface area contributed by atoms with Gasteiger partial charge in [-0.3, -0.25) is 4.79 Å². The standard InChI is InChI=1S/C19H27NO5/c1-3-22-16-6-5-15(13-17(16)23-4-2)18(21)20-9-7-14(8-10-20)19-24-11-12-25-19/h5-6,13-14,19H,3-4,7-12H2,1-2H3. The Morgan fingerprint density at radius 2 is 1.72 bits per heavy atom. The van der Waals surface area contributed by atoms with E-state index in [9.17, 15) is 4.79 Å². The van der Waals surface area contributed by atoms with Crippen molar-refractivity contribution in [2.24, 2.45) is 5.92 Å². The van der Waals surface area contributed by atoms with Crippen LogP contribution in [0.1, 0.15) is 37.0 Å². The molecule has 6 nitrogen and oxygen atoms in total. The summed E-state index contributed by atoms with van der Waals surface area (Å²) in [6, 6.07) is 5.41. The van der Waals surface area contributed by atoms with Crippen LogP contribution in [0.4, 0.5) is 0 Å². The van der Waals surface area contributed by atoms with Crippen LogP contribution in [0.15, 0.2) is 18.2 Å². The molecule has 2 fully saturated rings. The highest BCUT2D eigenvalue weighted by molar-refractivity contribution is 5.95. The maximum Gasteiger partial charge on any atom is 0.253 e. The molecular weight excluding hydrogens is 322 g/mol. The summed E-state index contributed by atoms with van der Waals surface area (Å²) in [5, 5.41) is 0. The topological polar surface area (TPSA) is 57.2 Å². The highest BCUT2D eigenvalue weighted by atomic mass is 16.7. The van der Waals surface area contributed by atoms with Gasteiger partial charge in [-0.2, -0.15) is 0 Å². The number of piperidine rings is 1. The first-order valence-electron chi connectivity index (χ1n) is 9.15. The van der Waals surface area contributed by atoms with Gasteiger partial charge in [-0.25, -0.2) is 0 Å². The third-order valence-corrected chi connectivity index (χ3v) is 4.65. The summed E-state index contributed by atoms with van der Waals surface area (Å²) in [5.74, 6) is 1.72. The maximum absolute atomic E-state index is 12.8. The molecule has 1 aromatic carbocycles. The van der Waals surface area contributed by atoms with Gasteiger partial charge in [0.15, 0.2) is 17.8 Å². The molecule has 1 amide bonds. The normalized spacial score (nSPS) is 19.2. The third kappa shape index (κ3) is 4.25. The Bertz CT molecular complexity index is 577. The van der Waals surface area contributed by atoms with Gasteiger partial charge in [0.1, 0.15) is 0 Å². The highest BCUT2D eigenvalue weighted by Crippen LogP contribution is 2.30. The lowest BCUT2D eigenvalue weighted by atomic mass is 9.95. The van der Waals surface area contributed by atoms with Crippen molar-refractivity contribution in [1.29, 1.82) is 0 Å². The Morgan fingerprint density at radius 1 is 1.08 bits per heavy atom. The molecule has 6 heteroatoms. The molecule has 0 atom stereocenters. The fourth-order valence-corrected chi connectivity index (χ4v) is 3.39. The van der Waals surface area contributed by atoms with Gasteiger partial charge >= 0.3 is 0 Å². The highest BCUT2D eigenvalue weighted by Gasteiger charge is 2.32. The summed E-state index contributed by atoms with van der Waals surface area (Å²) in [6.45, 7) is 7.75. The zero-order valence-electron chi connectivity index (χ0n) is 15.0. The minimum Gasteiger partial charge on any atom is -0.490 e. The van der Waals surface area contributed by atoms with Gasteiger partial charge < -0.3 is 23.8 Å². The molecule has 2 saturated heterocycles. The summed E-state index contributed by atoms with van der Waals surface area (Å²) in [6.07, 6.45) is 1.73. The number of likely N-dealkylation sites (tertiary alicyclic amines) is 1. The average Bonchev–Trinajstić information content (AvgIpc) is 3.18. The first kappa shape index (κ1) is 18.0. The van der Waals surface area contributed by atoms with Crippen molar-refractivity contribution in [2.45, 2.75) is 33.0 Å². The van der Waals surface area contributed by atoms with Crippen LogP contribution in [0.25, 0.3) is 0 Å². The van der Waals surface area contributed by atoms with E-state index in [0.717, 1.165) is 25.9 Å². The van der Waals surface area contributed by atoms with Gasteiger partial charge in [-0.1, -0.05) is 0 Å². The van der Waals surface area contributed by atoms with E-state index in [1.807, 2.05) is 30.9 Å². The van der Waals surface area contributed by atoms with Crippen LogP contribution in [0.5, 0.6) is 11.5 Å². The Morgan fingerprint density at radius 3 is 2.36 bits per heavy atom. The molecule has 0 saturated carbocycles. The molecule has 2 heterocycles. The zero-order valence-corrected chi connectivity index (χ0v) is 15.0. The predicted octanol–water partition coefficient (Wildman–Crippen LogP) is 2.71. The minimum atomic E-state index is -0.0905. The van der Waals surface area contributed by atoms with E-state index < -0.39 is 0 Å². The number of rotatable bonds is 6. The number of amides is 1. The molecule has 0 unspecified atom stereocenters. The molecule has 3 rings (SSSR count). The Balaban J connectivity index is 1.63. The van der Waals surface area contributed by atoms with Crippen LogP contribution in [-0.2, 0) is 9.47 Å². The molecule has 2 aliphatic rings. The smallest absolute Gasteiger partial charge is 0.253 e. The second kappa shape index (κ2) is 8.54. The molecule has 0 radical (unpaired) electrons. The van der Waals surface area contributed by atoms with Gasteiger partial charge in [0.05, 0.1) is 26.4 Å². The lowest BCUT2D eigenvalue weighted by Crippen LogP contribution is -2.41. The van der Waals surface area contributed by atoms with E-state index in [1.54, 1.807) is 6.07 Å². The van der Waals surface area contributed by atoms with Crippen molar-refractivity contribution in [3.63, 3.8) is 0 Å². The van der Waals surface area contributed by atoms with Gasteiger partial charge in [0, 0.05) is 24.6 Å². The van der Waals surface area contributed by atoms with Crippen molar-refractivity contribution >= 4 is 5.91 Å². The lowest BCUT2D eigenvalue weighted by Gasteiger charge is -2.34. The maximum atomic E-state index is 12.8. The van der Waals surface area contributed by atoms with E-state index >= 15 is 0 Å². The number of benzene rings is 1. The van der Waals surface area contributed by atoms with Crippen LogP contribution >= 0.6 is 0 Å². The van der Waals surface area contributed by atoms with E-state index in [4.69, 9.17) is 18.9 Å². The SMILES string of the molecule is CCOc1ccc(C(=O)N2CCC(C3OCCO3)CC2)cc1OCC. The van der Waals surface area contributed by atoms with E-state index in [2.05, 4.69) is 0 Å². The number of carbonyl (C=O) groups excluding carboxylic acids is 1. The van der Waals surface area contributed by atoms with Crippen LogP contribution in [0.2, 0.25) is 0 Å². The van der Waals surface area contributed by atoms with Crippen molar-refractivity contribution in [2.75, 3.05) is 39.5 Å². The van der Waals surface area contributed by atoms with Gasteiger partial charge in [0.25, 0.3) is 5.91 Å². The van der Waals surface area contributed by atoms with E-state index in [0.29, 0.717) is 49.4 Å². The van der Waals surface area contributed by atoms with E-state index in [1.165, 1.54) is 0 Å². The summed E-state index contributed by atoms with van der Waals surface area (Å²) in [4.78, 5) is 14.7. The number of hydrogen-bond acceptors (Lipinski definition) is 5. The minimum absolute atomic E-state index is 0.0377. The molecule has 2 aliphatic heterocycles. The summed E-state index contributed by atoms with van der Waals surface area (Å²) < 4.78 is 22.4. The molecule has 0 N–H and O–H groups in total. The largest absolute Gasteiger partial charge is 0.490 e. The molecule has 138 valence electrons. The Kier molecular flexibility index (Phi) is 6.15. The summed E-state index contributed by atoms with van der Waals surface area (Å²) in [5.41, 5.74) is 0.638. The monoisotopic (exact) mass is 349 g/mol. The summed E-state index contributed by atoms with van der Waals surface area (Å²) in [7, 11) is 0. The zero-order chi connectivity index (χ0) is 17.6. The summed E-state index contributed by atoms with van der Waals surface area (Å²) >= 11 is 0. The first-order valence-corrected chi connectivity index (χ1v) is 9.15. The second-order valence-electron chi connectivity index (χ2n) is 6.27. The molecule has 0 spiro atoms. The van der Waals surface area contributed by atoms with Crippen molar-refractivity contribution in [3.8, 4) is 11.5 Å². The third-order valence-electron chi connectivity index (χ3n) is 4.65. The van der Waals surface area contributed by atoms with Crippen molar-refractivity contribution < 1.29 is 23.7 Å². The predicted molar refractivity (Wildman–Crippen MR) is 93.1 cm³/mol. The van der Waals surface area contributed by atoms with Crippen LogP contribution < -0.4 is 9.47 Å². The number of ether oxygens (including phenoxy) is 4. The first-order chi connectivity index (χ1) is 12.2. The molecule has 0 aliphatic carbocycles. The quantitative estimate of drug-likeness (QED) is 0.790. The van der Waals surface area contributed by atoms with Crippen LogP contribution in [-0.4, -0.2) is 56.6 Å². The Labute approximate surface area is 149 Å².